The summed E-state index contributed by atoms with van der Waals surface area (Å²) in [5, 5.41) is 4.35. The number of hydrogen-bond acceptors (Lipinski definition) is 4. The van der Waals surface area contributed by atoms with Crippen LogP contribution in [0.4, 0.5) is 0 Å². The molecule has 1 saturated carbocycles. The van der Waals surface area contributed by atoms with Crippen molar-refractivity contribution in [2.24, 2.45) is 12.5 Å². The molecule has 1 spiro atoms. The van der Waals surface area contributed by atoms with Gasteiger partial charge in [0.05, 0.1) is 12.0 Å². The van der Waals surface area contributed by atoms with Crippen molar-refractivity contribution in [1.82, 2.24) is 24.6 Å². The summed E-state index contributed by atoms with van der Waals surface area (Å²) in [6.45, 7) is 5.60. The van der Waals surface area contributed by atoms with Crippen molar-refractivity contribution in [3.8, 4) is 0 Å². The van der Waals surface area contributed by atoms with Crippen LogP contribution in [-0.2, 0) is 18.4 Å². The standard InChI is InChI=1S/C19H31N5O/c1-15-20-17(22(2)21-15)13-23-12-10-19(14-23)9-6-11-24(18(19)25)16-7-4-3-5-8-16/h16H,3-14H2,1-2H3/t19-/m1/s1. The predicted molar refractivity (Wildman–Crippen MR) is 95.9 cm³/mol. The molecule has 4 rings (SSSR count). The number of aromatic nitrogens is 3. The van der Waals surface area contributed by atoms with Gasteiger partial charge in [0.2, 0.25) is 5.91 Å². The summed E-state index contributed by atoms with van der Waals surface area (Å²) in [4.78, 5) is 22.6. The van der Waals surface area contributed by atoms with Gasteiger partial charge in [-0.2, -0.15) is 5.10 Å². The van der Waals surface area contributed by atoms with E-state index in [1.807, 2.05) is 18.7 Å². The van der Waals surface area contributed by atoms with Crippen molar-refractivity contribution in [1.29, 1.82) is 0 Å². The van der Waals surface area contributed by atoms with E-state index in [-0.39, 0.29) is 5.41 Å². The molecule has 25 heavy (non-hydrogen) atoms. The molecule has 2 aliphatic heterocycles. The van der Waals surface area contributed by atoms with Gasteiger partial charge in [0.1, 0.15) is 11.6 Å². The number of carbonyl (C=O) groups excluding carboxylic acids is 1. The number of aryl methyl sites for hydroxylation is 2. The van der Waals surface area contributed by atoms with Crippen LogP contribution in [0.3, 0.4) is 0 Å². The van der Waals surface area contributed by atoms with E-state index >= 15 is 0 Å². The van der Waals surface area contributed by atoms with Gasteiger partial charge >= 0.3 is 0 Å². The molecule has 1 atom stereocenters. The fourth-order valence-corrected chi connectivity index (χ4v) is 5.21. The van der Waals surface area contributed by atoms with Crippen molar-refractivity contribution in [2.45, 2.75) is 70.9 Å². The Bertz CT molecular complexity index is 636. The quantitative estimate of drug-likeness (QED) is 0.843. The van der Waals surface area contributed by atoms with Gasteiger partial charge in [0.15, 0.2) is 0 Å². The second-order valence-corrected chi connectivity index (χ2v) is 8.33. The minimum absolute atomic E-state index is 0.136. The highest BCUT2D eigenvalue weighted by Crippen LogP contribution is 2.42. The van der Waals surface area contributed by atoms with Gasteiger partial charge in [0, 0.05) is 26.2 Å². The zero-order chi connectivity index (χ0) is 17.4. The van der Waals surface area contributed by atoms with Crippen LogP contribution in [0.15, 0.2) is 0 Å². The van der Waals surface area contributed by atoms with Crippen molar-refractivity contribution in [2.75, 3.05) is 19.6 Å². The molecule has 3 heterocycles. The van der Waals surface area contributed by atoms with Crippen molar-refractivity contribution >= 4 is 5.91 Å². The Balaban J connectivity index is 1.44. The average molecular weight is 345 g/mol. The maximum Gasteiger partial charge on any atom is 0.230 e. The van der Waals surface area contributed by atoms with E-state index in [0.717, 1.165) is 50.7 Å². The number of likely N-dealkylation sites (tertiary alicyclic amines) is 2. The largest absolute Gasteiger partial charge is 0.339 e. The van der Waals surface area contributed by atoms with E-state index in [1.165, 1.54) is 38.5 Å². The third-order valence-corrected chi connectivity index (χ3v) is 6.54. The fraction of sp³-hybridized carbons (Fsp3) is 0.842. The summed E-state index contributed by atoms with van der Waals surface area (Å²) in [5.41, 5.74) is -0.136. The number of hydrogen-bond donors (Lipinski definition) is 0. The molecule has 1 aromatic heterocycles. The van der Waals surface area contributed by atoms with E-state index in [1.54, 1.807) is 0 Å². The van der Waals surface area contributed by atoms with Gasteiger partial charge in [-0.15, -0.1) is 0 Å². The molecule has 3 aliphatic rings. The van der Waals surface area contributed by atoms with Crippen LogP contribution in [0.2, 0.25) is 0 Å². The first kappa shape index (κ1) is 17.0. The van der Waals surface area contributed by atoms with Gasteiger partial charge in [-0.05, 0) is 45.6 Å². The van der Waals surface area contributed by atoms with Crippen molar-refractivity contribution in [3.63, 3.8) is 0 Å². The van der Waals surface area contributed by atoms with E-state index < -0.39 is 0 Å². The van der Waals surface area contributed by atoms with Crippen LogP contribution in [0.25, 0.3) is 0 Å². The first-order valence-electron chi connectivity index (χ1n) is 9.97. The summed E-state index contributed by atoms with van der Waals surface area (Å²) >= 11 is 0. The molecule has 0 aromatic carbocycles. The van der Waals surface area contributed by atoms with Crippen LogP contribution < -0.4 is 0 Å². The normalized spacial score (nSPS) is 29.0. The summed E-state index contributed by atoms with van der Waals surface area (Å²) in [7, 11) is 1.96. The van der Waals surface area contributed by atoms with Crippen LogP contribution in [0.1, 0.15) is 63.0 Å². The zero-order valence-electron chi connectivity index (χ0n) is 15.7. The molecule has 1 aromatic rings. The molecule has 0 N–H and O–H groups in total. The lowest BCUT2D eigenvalue weighted by atomic mass is 9.77. The molecular weight excluding hydrogens is 314 g/mol. The van der Waals surface area contributed by atoms with Gasteiger partial charge in [0.25, 0.3) is 0 Å². The number of piperidine rings is 1. The molecule has 0 radical (unpaired) electrons. The number of carbonyl (C=O) groups is 1. The van der Waals surface area contributed by atoms with Crippen molar-refractivity contribution < 1.29 is 4.79 Å². The van der Waals surface area contributed by atoms with E-state index in [4.69, 9.17) is 0 Å². The average Bonchev–Trinajstić information content (AvgIpc) is 3.15. The SMILES string of the molecule is Cc1nc(CN2CC[C@]3(CCCN(C4CCCCC4)C3=O)C2)n(C)n1. The van der Waals surface area contributed by atoms with Gasteiger partial charge in [-0.25, -0.2) is 4.98 Å². The lowest BCUT2D eigenvalue weighted by molar-refractivity contribution is -0.149. The first-order chi connectivity index (χ1) is 12.1. The van der Waals surface area contributed by atoms with Crippen LogP contribution in [-0.4, -0.2) is 56.1 Å². The van der Waals surface area contributed by atoms with E-state index in [2.05, 4.69) is 19.9 Å². The molecule has 0 unspecified atom stereocenters. The molecule has 2 saturated heterocycles. The van der Waals surface area contributed by atoms with E-state index in [0.29, 0.717) is 11.9 Å². The molecular formula is C19H31N5O. The Morgan fingerprint density at radius 1 is 1.12 bits per heavy atom. The highest BCUT2D eigenvalue weighted by atomic mass is 16.2. The van der Waals surface area contributed by atoms with Crippen LogP contribution >= 0.6 is 0 Å². The third kappa shape index (κ3) is 3.21. The predicted octanol–water partition coefficient (Wildman–Crippen LogP) is 2.27. The molecule has 0 bridgehead atoms. The lowest BCUT2D eigenvalue weighted by Gasteiger charge is -2.44. The van der Waals surface area contributed by atoms with E-state index in [9.17, 15) is 4.79 Å². The summed E-state index contributed by atoms with van der Waals surface area (Å²) in [6, 6.07) is 0.508. The molecule has 6 heteroatoms. The Morgan fingerprint density at radius 3 is 2.64 bits per heavy atom. The Labute approximate surface area is 150 Å². The van der Waals surface area contributed by atoms with Crippen molar-refractivity contribution in [3.05, 3.63) is 11.6 Å². The lowest BCUT2D eigenvalue weighted by Crippen LogP contribution is -2.54. The first-order valence-corrected chi connectivity index (χ1v) is 9.97. The van der Waals surface area contributed by atoms with Gasteiger partial charge in [-0.3, -0.25) is 14.4 Å². The monoisotopic (exact) mass is 345 g/mol. The summed E-state index contributed by atoms with van der Waals surface area (Å²) < 4.78 is 1.87. The molecule has 6 nitrogen and oxygen atoms in total. The second kappa shape index (κ2) is 6.71. The molecule has 138 valence electrons. The summed E-state index contributed by atoms with van der Waals surface area (Å²) in [6.07, 6.45) is 9.58. The maximum absolute atomic E-state index is 13.4. The highest BCUT2D eigenvalue weighted by Gasteiger charge is 2.49. The minimum Gasteiger partial charge on any atom is -0.339 e. The second-order valence-electron chi connectivity index (χ2n) is 8.33. The summed E-state index contributed by atoms with van der Waals surface area (Å²) in [5.74, 6) is 2.27. The Kier molecular flexibility index (Phi) is 4.56. The van der Waals surface area contributed by atoms with Gasteiger partial charge in [-0.1, -0.05) is 19.3 Å². The molecule has 1 amide bonds. The number of nitrogens with zero attached hydrogens (tertiary/aromatic N) is 5. The number of rotatable bonds is 3. The van der Waals surface area contributed by atoms with Gasteiger partial charge < -0.3 is 4.90 Å². The topological polar surface area (TPSA) is 54.3 Å². The van der Waals surface area contributed by atoms with Crippen LogP contribution in [0.5, 0.6) is 0 Å². The van der Waals surface area contributed by atoms with Crippen LogP contribution in [0, 0.1) is 12.3 Å². The highest BCUT2D eigenvalue weighted by molar-refractivity contribution is 5.84. The third-order valence-electron chi connectivity index (χ3n) is 6.54. The smallest absolute Gasteiger partial charge is 0.230 e. The zero-order valence-corrected chi connectivity index (χ0v) is 15.7. The Morgan fingerprint density at radius 2 is 1.92 bits per heavy atom. The number of amides is 1. The maximum atomic E-state index is 13.4. The molecule has 3 fully saturated rings. The Hall–Kier alpha value is -1.43. The molecule has 1 aliphatic carbocycles. The minimum atomic E-state index is -0.136. The fourth-order valence-electron chi connectivity index (χ4n) is 5.21.